The lowest BCUT2D eigenvalue weighted by molar-refractivity contribution is 0.143. The van der Waals surface area contributed by atoms with E-state index in [9.17, 15) is 0 Å². The van der Waals surface area contributed by atoms with Crippen LogP contribution >= 0.6 is 0 Å². The topological polar surface area (TPSA) is 61.8 Å². The molecule has 2 rings (SSSR count). The van der Waals surface area contributed by atoms with Crippen molar-refractivity contribution in [3.8, 4) is 0 Å². The first-order valence-electron chi connectivity index (χ1n) is 9.24. The van der Waals surface area contributed by atoms with Crippen molar-refractivity contribution < 1.29 is 4.74 Å². The fourth-order valence-corrected chi connectivity index (χ4v) is 2.69. The third kappa shape index (κ3) is 5.88. The van der Waals surface area contributed by atoms with Crippen molar-refractivity contribution in [3.63, 3.8) is 0 Å². The van der Waals surface area contributed by atoms with E-state index in [1.54, 1.807) is 7.05 Å². The van der Waals surface area contributed by atoms with Gasteiger partial charge < -0.3 is 20.3 Å². The lowest BCUT2D eigenvalue weighted by atomic mass is 10.1. The van der Waals surface area contributed by atoms with Gasteiger partial charge in [-0.1, -0.05) is 18.2 Å². The molecule has 26 heavy (non-hydrogen) atoms. The van der Waals surface area contributed by atoms with E-state index in [4.69, 9.17) is 9.72 Å². The van der Waals surface area contributed by atoms with Gasteiger partial charge in [-0.15, -0.1) is 0 Å². The zero-order valence-corrected chi connectivity index (χ0v) is 16.4. The highest BCUT2D eigenvalue weighted by Gasteiger charge is 2.08. The van der Waals surface area contributed by atoms with Crippen LogP contribution in [-0.4, -0.2) is 51.8 Å². The van der Waals surface area contributed by atoms with Crippen molar-refractivity contribution in [2.45, 2.75) is 26.3 Å². The van der Waals surface area contributed by atoms with E-state index < -0.39 is 0 Å². The van der Waals surface area contributed by atoms with Crippen LogP contribution in [0.1, 0.15) is 25.3 Å². The minimum Gasteiger partial charge on any atom is -0.382 e. The summed E-state index contributed by atoms with van der Waals surface area (Å²) in [5.74, 6) is 1.77. The summed E-state index contributed by atoms with van der Waals surface area (Å²) in [4.78, 5) is 11.0. The third-order valence-corrected chi connectivity index (χ3v) is 4.13. The summed E-state index contributed by atoms with van der Waals surface area (Å²) in [5.41, 5.74) is 2.22. The molecule has 6 heteroatoms. The van der Waals surface area contributed by atoms with Crippen LogP contribution in [0.4, 0.5) is 5.82 Å². The van der Waals surface area contributed by atoms with E-state index in [1.165, 1.54) is 5.56 Å². The molecular weight excluding hydrogens is 326 g/mol. The summed E-state index contributed by atoms with van der Waals surface area (Å²) in [6.45, 7) is 5.20. The van der Waals surface area contributed by atoms with Gasteiger partial charge in [0.25, 0.3) is 0 Å². The van der Waals surface area contributed by atoms with E-state index in [0.717, 1.165) is 55.3 Å². The molecule has 0 atom stereocenters. The maximum absolute atomic E-state index is 5.36. The lowest BCUT2D eigenvalue weighted by Gasteiger charge is -2.17. The largest absolute Gasteiger partial charge is 0.382 e. The van der Waals surface area contributed by atoms with Crippen molar-refractivity contribution >= 4 is 22.7 Å². The minimum absolute atomic E-state index is 0.697. The molecule has 0 amide bonds. The van der Waals surface area contributed by atoms with Crippen molar-refractivity contribution in [1.82, 2.24) is 15.6 Å². The van der Waals surface area contributed by atoms with Gasteiger partial charge in [0.2, 0.25) is 0 Å². The highest BCUT2D eigenvalue weighted by atomic mass is 16.5. The number of aromatic nitrogens is 1. The molecule has 0 spiro atoms. The summed E-state index contributed by atoms with van der Waals surface area (Å²) >= 11 is 0. The number of nitrogens with zero attached hydrogens (tertiary/aromatic N) is 3. The Morgan fingerprint density at radius 2 is 2.00 bits per heavy atom. The summed E-state index contributed by atoms with van der Waals surface area (Å²) in [6, 6.07) is 10.4. The number of hydrogen-bond donors (Lipinski definition) is 2. The number of anilines is 1. The molecule has 0 bridgehead atoms. The van der Waals surface area contributed by atoms with Gasteiger partial charge in [-0.05, 0) is 37.5 Å². The molecule has 0 saturated heterocycles. The Morgan fingerprint density at radius 3 is 2.73 bits per heavy atom. The predicted molar refractivity (Wildman–Crippen MR) is 110 cm³/mol. The molecule has 142 valence electrons. The normalized spacial score (nSPS) is 11.6. The van der Waals surface area contributed by atoms with Gasteiger partial charge in [0, 0.05) is 52.8 Å². The molecule has 0 aliphatic carbocycles. The molecule has 0 saturated carbocycles. The van der Waals surface area contributed by atoms with Gasteiger partial charge in [-0.3, -0.25) is 4.99 Å². The SMILES string of the molecule is CCOCCCCNC(=NC)NCc1cc(N(C)C)nc2ccccc12. The van der Waals surface area contributed by atoms with Gasteiger partial charge in [-0.25, -0.2) is 4.98 Å². The van der Waals surface area contributed by atoms with Crippen LogP contribution in [0.5, 0.6) is 0 Å². The Labute approximate surface area is 156 Å². The van der Waals surface area contributed by atoms with Crippen LogP contribution < -0.4 is 15.5 Å². The highest BCUT2D eigenvalue weighted by molar-refractivity contribution is 5.85. The molecular formula is C20H31N5O. The first-order valence-corrected chi connectivity index (χ1v) is 9.24. The monoisotopic (exact) mass is 357 g/mol. The molecule has 2 aromatic rings. The number of fused-ring (bicyclic) bond motifs is 1. The first-order chi connectivity index (χ1) is 12.7. The summed E-state index contributed by atoms with van der Waals surface area (Å²) in [7, 11) is 5.82. The average molecular weight is 358 g/mol. The van der Waals surface area contributed by atoms with Crippen LogP contribution in [0.3, 0.4) is 0 Å². The third-order valence-electron chi connectivity index (χ3n) is 4.13. The summed E-state index contributed by atoms with van der Waals surface area (Å²) in [5, 5.41) is 7.93. The second-order valence-corrected chi connectivity index (χ2v) is 6.31. The van der Waals surface area contributed by atoms with Crippen molar-refractivity contribution in [3.05, 3.63) is 35.9 Å². The smallest absolute Gasteiger partial charge is 0.191 e. The van der Waals surface area contributed by atoms with E-state index in [-0.39, 0.29) is 0 Å². The maximum atomic E-state index is 5.36. The zero-order valence-electron chi connectivity index (χ0n) is 16.4. The van der Waals surface area contributed by atoms with E-state index in [1.807, 2.05) is 38.1 Å². The number of pyridine rings is 1. The van der Waals surface area contributed by atoms with Gasteiger partial charge in [0.05, 0.1) is 5.52 Å². The molecule has 1 heterocycles. The number of unbranched alkanes of at least 4 members (excludes halogenated alkanes) is 1. The van der Waals surface area contributed by atoms with E-state index in [0.29, 0.717) is 6.54 Å². The number of rotatable bonds is 9. The second kappa shape index (κ2) is 10.6. The van der Waals surface area contributed by atoms with Crippen molar-refractivity contribution in [1.29, 1.82) is 0 Å². The molecule has 2 N–H and O–H groups in total. The maximum Gasteiger partial charge on any atom is 0.191 e. The van der Waals surface area contributed by atoms with Crippen molar-refractivity contribution in [2.75, 3.05) is 45.8 Å². The molecule has 6 nitrogen and oxygen atoms in total. The van der Waals surface area contributed by atoms with Crippen LogP contribution in [0.15, 0.2) is 35.3 Å². The number of nitrogens with one attached hydrogen (secondary N) is 2. The number of guanidine groups is 1. The van der Waals surface area contributed by atoms with Gasteiger partial charge >= 0.3 is 0 Å². The van der Waals surface area contributed by atoms with E-state index >= 15 is 0 Å². The number of aliphatic imine (C=N–C) groups is 1. The van der Waals surface area contributed by atoms with E-state index in [2.05, 4.69) is 33.8 Å². The number of benzene rings is 1. The molecule has 0 fully saturated rings. The van der Waals surface area contributed by atoms with Crippen LogP contribution in [0, 0.1) is 0 Å². The highest BCUT2D eigenvalue weighted by Crippen LogP contribution is 2.21. The Kier molecular flexibility index (Phi) is 8.15. The Balaban J connectivity index is 1.96. The number of ether oxygens (including phenoxy) is 1. The first kappa shape index (κ1) is 20.0. The Hall–Kier alpha value is -2.34. The van der Waals surface area contributed by atoms with Gasteiger partial charge in [-0.2, -0.15) is 0 Å². The molecule has 0 radical (unpaired) electrons. The van der Waals surface area contributed by atoms with Crippen LogP contribution in [0.2, 0.25) is 0 Å². The second-order valence-electron chi connectivity index (χ2n) is 6.31. The predicted octanol–water partition coefficient (Wildman–Crippen LogP) is 2.78. The van der Waals surface area contributed by atoms with Gasteiger partial charge in [0.1, 0.15) is 5.82 Å². The molecule has 0 aliphatic heterocycles. The fourth-order valence-electron chi connectivity index (χ4n) is 2.69. The molecule has 1 aromatic heterocycles. The quantitative estimate of drug-likeness (QED) is 0.410. The molecule has 1 aromatic carbocycles. The fraction of sp³-hybridized carbons (Fsp3) is 0.500. The Morgan fingerprint density at radius 1 is 1.19 bits per heavy atom. The standard InChI is InChI=1S/C20H31N5O/c1-5-26-13-9-8-12-22-20(21-2)23-15-16-14-19(25(3)4)24-18-11-7-6-10-17(16)18/h6-7,10-11,14H,5,8-9,12-13,15H2,1-4H3,(H2,21,22,23). The summed E-state index contributed by atoms with van der Waals surface area (Å²) < 4.78 is 5.36. The van der Waals surface area contributed by atoms with Crippen LogP contribution in [0.25, 0.3) is 10.9 Å². The van der Waals surface area contributed by atoms with Crippen LogP contribution in [-0.2, 0) is 11.3 Å². The molecule has 0 unspecified atom stereocenters. The number of para-hydroxylation sites is 1. The number of hydrogen-bond acceptors (Lipinski definition) is 4. The van der Waals surface area contributed by atoms with Crippen molar-refractivity contribution in [2.24, 2.45) is 4.99 Å². The molecule has 0 aliphatic rings. The minimum atomic E-state index is 0.697. The van der Waals surface area contributed by atoms with Gasteiger partial charge in [0.15, 0.2) is 5.96 Å². The average Bonchev–Trinajstić information content (AvgIpc) is 2.66. The Bertz CT molecular complexity index is 714. The summed E-state index contributed by atoms with van der Waals surface area (Å²) in [6.07, 6.45) is 2.11. The zero-order chi connectivity index (χ0) is 18.8. The lowest BCUT2D eigenvalue weighted by Crippen LogP contribution is -2.37.